The van der Waals surface area contributed by atoms with Gasteiger partial charge in [-0.3, -0.25) is 0 Å². The van der Waals surface area contributed by atoms with E-state index in [1.807, 2.05) is 0 Å². The molecule has 1 aromatic rings. The lowest BCUT2D eigenvalue weighted by molar-refractivity contribution is 0.252. The molecule has 0 bridgehead atoms. The van der Waals surface area contributed by atoms with Crippen LogP contribution in [0.5, 0.6) is 0 Å². The number of aliphatic hydroxyl groups is 1. The van der Waals surface area contributed by atoms with Gasteiger partial charge in [-0.05, 0) is 6.07 Å². The van der Waals surface area contributed by atoms with Gasteiger partial charge in [0.15, 0.2) is 0 Å². The van der Waals surface area contributed by atoms with Gasteiger partial charge in [0.1, 0.15) is 5.76 Å². The molecule has 0 aliphatic rings. The standard InChI is InChI=1S/C6H8ClNO2/c7-4-1-2-10-6(4)5(8)3-9/h1-2,5,9H,3,8H2. The second kappa shape index (κ2) is 3.05. The summed E-state index contributed by atoms with van der Waals surface area (Å²) in [6, 6.07) is 1.08. The molecule has 56 valence electrons. The number of hydrogen-bond donors (Lipinski definition) is 2. The molecule has 1 aromatic heterocycles. The van der Waals surface area contributed by atoms with Crippen LogP contribution in [0.15, 0.2) is 16.7 Å². The van der Waals surface area contributed by atoms with Gasteiger partial charge in [-0.25, -0.2) is 0 Å². The van der Waals surface area contributed by atoms with E-state index in [9.17, 15) is 0 Å². The zero-order chi connectivity index (χ0) is 7.56. The average molecular weight is 162 g/mol. The SMILES string of the molecule is NC(CO)c1occc1Cl. The Kier molecular flexibility index (Phi) is 2.32. The van der Waals surface area contributed by atoms with Gasteiger partial charge in [-0.1, -0.05) is 11.6 Å². The molecule has 1 rings (SSSR count). The molecule has 0 amide bonds. The lowest BCUT2D eigenvalue weighted by Crippen LogP contribution is -2.13. The highest BCUT2D eigenvalue weighted by atomic mass is 35.5. The quantitative estimate of drug-likeness (QED) is 0.678. The van der Waals surface area contributed by atoms with Crippen LogP contribution < -0.4 is 5.73 Å². The fraction of sp³-hybridized carbons (Fsp3) is 0.333. The Morgan fingerprint density at radius 2 is 2.50 bits per heavy atom. The van der Waals surface area contributed by atoms with Gasteiger partial charge in [-0.2, -0.15) is 0 Å². The highest BCUT2D eigenvalue weighted by Gasteiger charge is 2.11. The molecule has 3 nitrogen and oxygen atoms in total. The molecule has 1 atom stereocenters. The predicted molar refractivity (Wildman–Crippen MR) is 37.7 cm³/mol. The summed E-state index contributed by atoms with van der Waals surface area (Å²) >= 11 is 5.63. The average Bonchev–Trinajstić information content (AvgIpc) is 2.34. The van der Waals surface area contributed by atoms with E-state index in [2.05, 4.69) is 0 Å². The minimum Gasteiger partial charge on any atom is -0.466 e. The summed E-state index contributed by atoms with van der Waals surface area (Å²) in [6.45, 7) is -0.159. The predicted octanol–water partition coefficient (Wildman–Crippen LogP) is 0.925. The molecule has 4 heteroatoms. The number of nitrogens with two attached hydrogens (primary N) is 1. The van der Waals surface area contributed by atoms with Crippen molar-refractivity contribution in [3.8, 4) is 0 Å². The Bertz CT molecular complexity index is 211. The summed E-state index contributed by atoms with van der Waals surface area (Å²) in [5.41, 5.74) is 5.41. The van der Waals surface area contributed by atoms with Gasteiger partial charge < -0.3 is 15.3 Å². The van der Waals surface area contributed by atoms with Crippen LogP contribution in [0.4, 0.5) is 0 Å². The third-order valence-electron chi connectivity index (χ3n) is 1.18. The molecule has 0 aromatic carbocycles. The molecule has 1 heterocycles. The van der Waals surface area contributed by atoms with E-state index in [1.165, 1.54) is 6.26 Å². The van der Waals surface area contributed by atoms with Crippen LogP contribution in [0.3, 0.4) is 0 Å². The third-order valence-corrected chi connectivity index (χ3v) is 1.49. The number of furan rings is 1. The van der Waals surface area contributed by atoms with Crippen LogP contribution in [-0.2, 0) is 0 Å². The Morgan fingerprint density at radius 3 is 2.90 bits per heavy atom. The normalized spacial score (nSPS) is 13.5. The maximum absolute atomic E-state index is 8.59. The van der Waals surface area contributed by atoms with E-state index in [0.29, 0.717) is 10.8 Å². The number of rotatable bonds is 2. The van der Waals surface area contributed by atoms with Crippen LogP contribution in [0.1, 0.15) is 11.8 Å². The Hall–Kier alpha value is -0.510. The van der Waals surface area contributed by atoms with Crippen LogP contribution in [0.2, 0.25) is 5.02 Å². The van der Waals surface area contributed by atoms with E-state index in [0.717, 1.165) is 0 Å². The first-order valence-corrected chi connectivity index (χ1v) is 3.23. The van der Waals surface area contributed by atoms with Gasteiger partial charge in [0.2, 0.25) is 0 Å². The highest BCUT2D eigenvalue weighted by Crippen LogP contribution is 2.21. The highest BCUT2D eigenvalue weighted by molar-refractivity contribution is 6.31. The number of hydrogen-bond acceptors (Lipinski definition) is 3. The largest absolute Gasteiger partial charge is 0.466 e. The molecule has 0 aliphatic carbocycles. The Morgan fingerprint density at radius 1 is 1.80 bits per heavy atom. The van der Waals surface area contributed by atoms with Gasteiger partial charge in [0.05, 0.1) is 23.9 Å². The molecule has 3 N–H and O–H groups in total. The van der Waals surface area contributed by atoms with Gasteiger partial charge in [0.25, 0.3) is 0 Å². The molecular formula is C6H8ClNO2. The van der Waals surface area contributed by atoms with E-state index in [4.69, 9.17) is 26.9 Å². The smallest absolute Gasteiger partial charge is 0.141 e. The van der Waals surface area contributed by atoms with E-state index < -0.39 is 6.04 Å². The van der Waals surface area contributed by atoms with Crippen LogP contribution >= 0.6 is 11.6 Å². The molecule has 0 saturated heterocycles. The summed E-state index contributed by atoms with van der Waals surface area (Å²) in [7, 11) is 0. The van der Waals surface area contributed by atoms with Gasteiger partial charge in [-0.15, -0.1) is 0 Å². The molecule has 0 saturated carbocycles. The molecule has 0 radical (unpaired) electrons. The lowest BCUT2D eigenvalue weighted by atomic mass is 10.2. The molecular weight excluding hydrogens is 154 g/mol. The summed E-state index contributed by atoms with van der Waals surface area (Å²) in [4.78, 5) is 0. The van der Waals surface area contributed by atoms with E-state index in [1.54, 1.807) is 6.07 Å². The zero-order valence-electron chi connectivity index (χ0n) is 5.25. The summed E-state index contributed by atoms with van der Waals surface area (Å²) < 4.78 is 4.90. The minimum absolute atomic E-state index is 0.159. The summed E-state index contributed by atoms with van der Waals surface area (Å²) in [5, 5.41) is 9.05. The van der Waals surface area contributed by atoms with Crippen molar-refractivity contribution in [3.05, 3.63) is 23.1 Å². The maximum atomic E-state index is 8.59. The monoisotopic (exact) mass is 161 g/mol. The van der Waals surface area contributed by atoms with Crippen LogP contribution in [-0.4, -0.2) is 11.7 Å². The van der Waals surface area contributed by atoms with Crippen molar-refractivity contribution in [3.63, 3.8) is 0 Å². The van der Waals surface area contributed by atoms with Gasteiger partial charge in [0, 0.05) is 0 Å². The molecule has 1 unspecified atom stereocenters. The van der Waals surface area contributed by atoms with Crippen molar-refractivity contribution in [1.82, 2.24) is 0 Å². The minimum atomic E-state index is -0.512. The van der Waals surface area contributed by atoms with Crippen molar-refractivity contribution >= 4 is 11.6 Å². The van der Waals surface area contributed by atoms with Crippen molar-refractivity contribution in [1.29, 1.82) is 0 Å². The van der Waals surface area contributed by atoms with Crippen LogP contribution in [0.25, 0.3) is 0 Å². The zero-order valence-corrected chi connectivity index (χ0v) is 6.01. The number of aliphatic hydroxyl groups excluding tert-OH is 1. The second-order valence-electron chi connectivity index (χ2n) is 1.92. The first-order valence-electron chi connectivity index (χ1n) is 2.85. The maximum Gasteiger partial charge on any atom is 0.141 e. The molecule has 0 fully saturated rings. The fourth-order valence-corrected chi connectivity index (χ4v) is 0.889. The summed E-state index contributed by atoms with van der Waals surface area (Å²) in [5.74, 6) is 0.434. The topological polar surface area (TPSA) is 59.4 Å². The molecule has 0 spiro atoms. The Labute approximate surface area is 63.4 Å². The van der Waals surface area contributed by atoms with Crippen LogP contribution in [0, 0.1) is 0 Å². The first-order chi connectivity index (χ1) is 4.75. The molecule has 10 heavy (non-hydrogen) atoms. The lowest BCUT2D eigenvalue weighted by Gasteiger charge is -2.02. The van der Waals surface area contributed by atoms with Gasteiger partial charge >= 0.3 is 0 Å². The fourth-order valence-electron chi connectivity index (χ4n) is 0.653. The van der Waals surface area contributed by atoms with Crippen molar-refractivity contribution in [2.24, 2.45) is 5.73 Å². The van der Waals surface area contributed by atoms with Crippen molar-refractivity contribution in [2.45, 2.75) is 6.04 Å². The van der Waals surface area contributed by atoms with E-state index in [-0.39, 0.29) is 6.61 Å². The second-order valence-corrected chi connectivity index (χ2v) is 2.33. The third kappa shape index (κ3) is 1.31. The van der Waals surface area contributed by atoms with E-state index >= 15 is 0 Å². The summed E-state index contributed by atoms with van der Waals surface area (Å²) in [6.07, 6.45) is 1.44. The first kappa shape index (κ1) is 7.60. The number of halogens is 1. The van der Waals surface area contributed by atoms with Crippen molar-refractivity contribution < 1.29 is 9.52 Å². The molecule has 0 aliphatic heterocycles. The van der Waals surface area contributed by atoms with Crippen molar-refractivity contribution in [2.75, 3.05) is 6.61 Å². The Balaban J connectivity index is 2.82.